The van der Waals surface area contributed by atoms with E-state index in [9.17, 15) is 4.79 Å². The summed E-state index contributed by atoms with van der Waals surface area (Å²) in [5.41, 5.74) is 0. The molecule has 0 radical (unpaired) electrons. The molecule has 0 spiro atoms. The highest BCUT2D eigenvalue weighted by atomic mass is 16.5. The maximum atomic E-state index is 11.5. The predicted molar refractivity (Wildman–Crippen MR) is 68.1 cm³/mol. The van der Waals surface area contributed by atoms with E-state index < -0.39 is 0 Å². The zero-order valence-electron chi connectivity index (χ0n) is 11.1. The summed E-state index contributed by atoms with van der Waals surface area (Å²) in [5, 5.41) is 0. The number of hydrogen-bond donors (Lipinski definition) is 0. The van der Waals surface area contributed by atoms with Crippen LogP contribution in [0.3, 0.4) is 0 Å². The van der Waals surface area contributed by atoms with Gasteiger partial charge in [0.2, 0.25) is 0 Å². The van der Waals surface area contributed by atoms with Crippen molar-refractivity contribution in [1.29, 1.82) is 0 Å². The van der Waals surface area contributed by atoms with Crippen LogP contribution in [0.5, 0.6) is 0 Å². The van der Waals surface area contributed by atoms with Gasteiger partial charge in [0.15, 0.2) is 0 Å². The lowest BCUT2D eigenvalue weighted by atomic mass is 10.2. The van der Waals surface area contributed by atoms with Crippen molar-refractivity contribution >= 4 is 5.97 Å². The van der Waals surface area contributed by atoms with E-state index in [0.29, 0.717) is 19.1 Å². The van der Waals surface area contributed by atoms with Gasteiger partial charge in [-0.25, -0.2) is 0 Å². The zero-order chi connectivity index (χ0) is 13.0. The van der Waals surface area contributed by atoms with Gasteiger partial charge in [-0.05, 0) is 31.9 Å². The van der Waals surface area contributed by atoms with Crippen LogP contribution >= 0.6 is 0 Å². The first-order valence-electron chi connectivity index (χ1n) is 6.55. The largest absolute Gasteiger partial charge is 0.468 e. The van der Waals surface area contributed by atoms with E-state index in [0.717, 1.165) is 24.4 Å². The molecule has 100 valence electrons. The third-order valence-electron chi connectivity index (χ3n) is 3.56. The zero-order valence-corrected chi connectivity index (χ0v) is 11.1. The molecule has 0 unspecified atom stereocenters. The topological polar surface area (TPSA) is 42.7 Å². The molecule has 1 saturated carbocycles. The summed E-state index contributed by atoms with van der Waals surface area (Å²) in [6.07, 6.45) is 4.83. The Balaban J connectivity index is 2.01. The highest BCUT2D eigenvalue weighted by Crippen LogP contribution is 2.25. The van der Waals surface area contributed by atoms with E-state index >= 15 is 0 Å². The van der Waals surface area contributed by atoms with Gasteiger partial charge >= 0.3 is 5.97 Å². The lowest BCUT2D eigenvalue weighted by Gasteiger charge is -2.26. The minimum absolute atomic E-state index is 0.176. The van der Waals surface area contributed by atoms with Crippen molar-refractivity contribution < 1.29 is 13.9 Å². The van der Waals surface area contributed by atoms with Crippen molar-refractivity contribution in [2.45, 2.75) is 45.2 Å². The quantitative estimate of drug-likeness (QED) is 0.754. The molecule has 4 heteroatoms. The Morgan fingerprint density at radius 3 is 2.72 bits per heavy atom. The van der Waals surface area contributed by atoms with Gasteiger partial charge in [0.05, 0.1) is 20.2 Å². The monoisotopic (exact) mass is 251 g/mol. The molecule has 0 amide bonds. The Labute approximate surface area is 108 Å². The first kappa shape index (κ1) is 13.1. The van der Waals surface area contributed by atoms with Gasteiger partial charge in [-0.2, -0.15) is 0 Å². The van der Waals surface area contributed by atoms with E-state index in [4.69, 9.17) is 9.15 Å². The Hall–Kier alpha value is -1.29. The van der Waals surface area contributed by atoms with Crippen molar-refractivity contribution in [2.24, 2.45) is 0 Å². The Morgan fingerprint density at radius 2 is 2.17 bits per heavy atom. The standard InChI is InChI=1S/C14H21NO3/c1-11-7-8-13(18-11)9-15(10-14(16)17-2)12-5-3-4-6-12/h7-8,12H,3-6,9-10H2,1-2H3. The third-order valence-corrected chi connectivity index (χ3v) is 3.56. The van der Waals surface area contributed by atoms with Crippen molar-refractivity contribution in [3.05, 3.63) is 23.7 Å². The minimum atomic E-state index is -0.176. The number of esters is 1. The SMILES string of the molecule is COC(=O)CN(Cc1ccc(C)o1)C1CCCC1. The molecular weight excluding hydrogens is 230 g/mol. The van der Waals surface area contributed by atoms with Crippen LogP contribution in [0, 0.1) is 6.92 Å². The number of methoxy groups -OCH3 is 1. The average molecular weight is 251 g/mol. The molecular formula is C14H21NO3. The van der Waals surface area contributed by atoms with Crippen LogP contribution in [0.15, 0.2) is 16.5 Å². The van der Waals surface area contributed by atoms with Crippen LogP contribution in [0.25, 0.3) is 0 Å². The number of aryl methyl sites for hydroxylation is 1. The molecule has 1 aliphatic carbocycles. The summed E-state index contributed by atoms with van der Waals surface area (Å²) in [7, 11) is 1.44. The molecule has 0 N–H and O–H groups in total. The third kappa shape index (κ3) is 3.35. The summed E-state index contributed by atoms with van der Waals surface area (Å²) in [4.78, 5) is 13.7. The average Bonchev–Trinajstić information content (AvgIpc) is 2.99. The van der Waals surface area contributed by atoms with E-state index in [1.54, 1.807) is 0 Å². The number of carbonyl (C=O) groups excluding carboxylic acids is 1. The minimum Gasteiger partial charge on any atom is -0.468 e. The lowest BCUT2D eigenvalue weighted by molar-refractivity contribution is -0.142. The Morgan fingerprint density at radius 1 is 1.44 bits per heavy atom. The highest BCUT2D eigenvalue weighted by molar-refractivity contribution is 5.71. The summed E-state index contributed by atoms with van der Waals surface area (Å²) >= 11 is 0. The molecule has 1 aromatic heterocycles. The lowest BCUT2D eigenvalue weighted by Crippen LogP contribution is -2.37. The fourth-order valence-corrected chi connectivity index (χ4v) is 2.58. The van der Waals surface area contributed by atoms with Gasteiger partial charge in [0, 0.05) is 6.04 Å². The van der Waals surface area contributed by atoms with Gasteiger partial charge in [0.1, 0.15) is 11.5 Å². The number of carbonyl (C=O) groups is 1. The molecule has 1 heterocycles. The van der Waals surface area contributed by atoms with Gasteiger partial charge in [-0.1, -0.05) is 12.8 Å². The second-order valence-corrected chi connectivity index (χ2v) is 4.93. The first-order chi connectivity index (χ1) is 8.69. The summed E-state index contributed by atoms with van der Waals surface area (Å²) in [6, 6.07) is 4.42. The van der Waals surface area contributed by atoms with E-state index in [1.807, 2.05) is 19.1 Å². The Bertz CT molecular complexity index is 393. The van der Waals surface area contributed by atoms with Gasteiger partial charge in [0.25, 0.3) is 0 Å². The highest BCUT2D eigenvalue weighted by Gasteiger charge is 2.25. The summed E-state index contributed by atoms with van der Waals surface area (Å²) < 4.78 is 10.4. The second kappa shape index (κ2) is 6.05. The van der Waals surface area contributed by atoms with Gasteiger partial charge in [-0.15, -0.1) is 0 Å². The molecule has 1 aromatic rings. The predicted octanol–water partition coefficient (Wildman–Crippen LogP) is 2.51. The number of furan rings is 1. The van der Waals surface area contributed by atoms with Crippen LogP contribution in [0.1, 0.15) is 37.2 Å². The van der Waals surface area contributed by atoms with Crippen LogP contribution in [0.4, 0.5) is 0 Å². The molecule has 0 saturated heterocycles. The molecule has 0 aromatic carbocycles. The van der Waals surface area contributed by atoms with Crippen molar-refractivity contribution in [3.63, 3.8) is 0 Å². The molecule has 1 fully saturated rings. The van der Waals surface area contributed by atoms with Crippen LogP contribution in [-0.2, 0) is 16.1 Å². The number of nitrogens with zero attached hydrogens (tertiary/aromatic N) is 1. The second-order valence-electron chi connectivity index (χ2n) is 4.93. The smallest absolute Gasteiger partial charge is 0.319 e. The van der Waals surface area contributed by atoms with E-state index in [2.05, 4.69) is 4.90 Å². The molecule has 1 aliphatic rings. The summed E-state index contributed by atoms with van der Waals surface area (Å²) in [6.45, 7) is 2.97. The molecule has 0 atom stereocenters. The van der Waals surface area contributed by atoms with Crippen LogP contribution in [0.2, 0.25) is 0 Å². The summed E-state index contributed by atoms with van der Waals surface area (Å²) in [5.74, 6) is 1.66. The molecule has 0 aliphatic heterocycles. The number of ether oxygens (including phenoxy) is 1. The van der Waals surface area contributed by atoms with Crippen LogP contribution in [-0.4, -0.2) is 30.6 Å². The van der Waals surface area contributed by atoms with Gasteiger partial charge in [-0.3, -0.25) is 9.69 Å². The fraction of sp³-hybridized carbons (Fsp3) is 0.643. The maximum Gasteiger partial charge on any atom is 0.319 e. The molecule has 2 rings (SSSR count). The van der Waals surface area contributed by atoms with Crippen LogP contribution < -0.4 is 0 Å². The number of rotatable bonds is 5. The normalized spacial score (nSPS) is 16.4. The van der Waals surface area contributed by atoms with Crippen molar-refractivity contribution in [1.82, 2.24) is 4.90 Å². The van der Waals surface area contributed by atoms with Gasteiger partial charge < -0.3 is 9.15 Å². The molecule has 4 nitrogen and oxygen atoms in total. The maximum absolute atomic E-state index is 11.5. The van der Waals surface area contributed by atoms with Crippen molar-refractivity contribution in [2.75, 3.05) is 13.7 Å². The van der Waals surface area contributed by atoms with Crippen molar-refractivity contribution in [3.8, 4) is 0 Å². The molecule has 18 heavy (non-hydrogen) atoms. The molecule has 0 bridgehead atoms. The fourth-order valence-electron chi connectivity index (χ4n) is 2.58. The Kier molecular flexibility index (Phi) is 4.42. The van der Waals surface area contributed by atoms with E-state index in [-0.39, 0.29) is 5.97 Å². The first-order valence-corrected chi connectivity index (χ1v) is 6.55. The van der Waals surface area contributed by atoms with E-state index in [1.165, 1.54) is 20.0 Å². The number of hydrogen-bond acceptors (Lipinski definition) is 4.